The van der Waals surface area contributed by atoms with Crippen LogP contribution in [0, 0.1) is 11.3 Å². The van der Waals surface area contributed by atoms with E-state index in [0.717, 1.165) is 19.3 Å². The maximum Gasteiger partial charge on any atom is 0.319 e. The second kappa shape index (κ2) is 3.80. The summed E-state index contributed by atoms with van der Waals surface area (Å²) in [6, 6.07) is 0. The summed E-state index contributed by atoms with van der Waals surface area (Å²) < 4.78 is 4.80. The highest BCUT2D eigenvalue weighted by Crippen LogP contribution is 2.42. The molecule has 2 atom stereocenters. The van der Waals surface area contributed by atoms with E-state index in [9.17, 15) is 9.59 Å². The van der Waals surface area contributed by atoms with E-state index < -0.39 is 5.41 Å². The molecule has 15 heavy (non-hydrogen) atoms. The van der Waals surface area contributed by atoms with Crippen molar-refractivity contribution in [2.75, 3.05) is 7.11 Å². The van der Waals surface area contributed by atoms with Crippen LogP contribution in [0.1, 0.15) is 32.1 Å². The maximum absolute atomic E-state index is 12.2. The average molecular weight is 208 g/mol. The number of ether oxygens (including phenoxy) is 1. The molecule has 1 saturated carbocycles. The third kappa shape index (κ3) is 1.50. The van der Waals surface area contributed by atoms with Gasteiger partial charge in [-0.3, -0.25) is 9.59 Å². The third-order valence-electron chi connectivity index (χ3n) is 3.59. The van der Waals surface area contributed by atoms with Gasteiger partial charge >= 0.3 is 5.97 Å². The van der Waals surface area contributed by atoms with Crippen molar-refractivity contribution in [1.82, 2.24) is 0 Å². The Kier molecular flexibility index (Phi) is 2.63. The Balaban J connectivity index is 2.38. The quantitative estimate of drug-likeness (QED) is 0.375. The lowest BCUT2D eigenvalue weighted by Crippen LogP contribution is -2.43. The molecule has 0 heterocycles. The molecule has 3 nitrogen and oxygen atoms in total. The fourth-order valence-electron chi connectivity index (χ4n) is 2.70. The lowest BCUT2D eigenvalue weighted by atomic mass is 9.70. The number of allylic oxidation sites excluding steroid dienone is 2. The summed E-state index contributed by atoms with van der Waals surface area (Å²) >= 11 is 0. The molecule has 0 aromatic rings. The summed E-state index contributed by atoms with van der Waals surface area (Å²) in [5.41, 5.74) is -0.856. The van der Waals surface area contributed by atoms with Gasteiger partial charge in [-0.05, 0) is 19.3 Å². The molecule has 2 aliphatic rings. The Labute approximate surface area is 89.5 Å². The Morgan fingerprint density at radius 2 is 2.33 bits per heavy atom. The number of hydrogen-bond donors (Lipinski definition) is 0. The molecule has 0 saturated heterocycles. The van der Waals surface area contributed by atoms with Crippen molar-refractivity contribution < 1.29 is 14.3 Å². The molecule has 0 spiro atoms. The second-order valence-electron chi connectivity index (χ2n) is 4.42. The van der Waals surface area contributed by atoms with Gasteiger partial charge in [0.05, 0.1) is 7.11 Å². The topological polar surface area (TPSA) is 43.4 Å². The van der Waals surface area contributed by atoms with Crippen LogP contribution < -0.4 is 0 Å². The zero-order valence-electron chi connectivity index (χ0n) is 8.99. The van der Waals surface area contributed by atoms with Crippen molar-refractivity contribution in [3.63, 3.8) is 0 Å². The standard InChI is InChI=1S/C12H16O3/c1-15-11(14)12-7-3-2-5-9(10(12)13)6-4-8-12/h4,6,9H,2-3,5,7-8H2,1H3/t9-,12-/m1/s1. The molecule has 3 heteroatoms. The zero-order chi connectivity index (χ0) is 10.9. The van der Waals surface area contributed by atoms with Gasteiger partial charge in [-0.15, -0.1) is 0 Å². The minimum Gasteiger partial charge on any atom is -0.468 e. The summed E-state index contributed by atoms with van der Waals surface area (Å²) in [4.78, 5) is 24.0. The van der Waals surface area contributed by atoms with Crippen LogP contribution in [0.15, 0.2) is 12.2 Å². The van der Waals surface area contributed by atoms with Gasteiger partial charge in [0.25, 0.3) is 0 Å². The molecule has 0 N–H and O–H groups in total. The fraction of sp³-hybridized carbons (Fsp3) is 0.667. The van der Waals surface area contributed by atoms with Gasteiger partial charge in [-0.2, -0.15) is 0 Å². The van der Waals surface area contributed by atoms with Gasteiger partial charge in [0.2, 0.25) is 0 Å². The van der Waals surface area contributed by atoms with Gasteiger partial charge in [0.1, 0.15) is 5.41 Å². The summed E-state index contributed by atoms with van der Waals surface area (Å²) in [6.45, 7) is 0. The van der Waals surface area contributed by atoms with Crippen LogP contribution in [0.3, 0.4) is 0 Å². The van der Waals surface area contributed by atoms with Crippen LogP contribution in [0.2, 0.25) is 0 Å². The van der Waals surface area contributed by atoms with Crippen molar-refractivity contribution in [3.05, 3.63) is 12.2 Å². The molecule has 0 aromatic carbocycles. The number of carbonyl (C=O) groups excluding carboxylic acids is 2. The highest BCUT2D eigenvalue weighted by Gasteiger charge is 2.50. The molecule has 0 aromatic heterocycles. The number of fused-ring (bicyclic) bond motifs is 2. The van der Waals surface area contributed by atoms with Crippen molar-refractivity contribution in [1.29, 1.82) is 0 Å². The van der Waals surface area contributed by atoms with Gasteiger partial charge in [0.15, 0.2) is 5.78 Å². The summed E-state index contributed by atoms with van der Waals surface area (Å²) in [5, 5.41) is 0. The van der Waals surface area contributed by atoms with Gasteiger partial charge in [-0.1, -0.05) is 25.0 Å². The number of ketones is 1. The fourth-order valence-corrected chi connectivity index (χ4v) is 2.70. The SMILES string of the molecule is COC(=O)[C@@]12CC=C[C@@H](CCCC1)C2=O. The molecule has 0 amide bonds. The number of esters is 1. The number of carbonyl (C=O) groups is 2. The van der Waals surface area contributed by atoms with Crippen LogP contribution in [-0.2, 0) is 14.3 Å². The van der Waals surface area contributed by atoms with Crippen molar-refractivity contribution in [2.45, 2.75) is 32.1 Å². The summed E-state index contributed by atoms with van der Waals surface area (Å²) in [6.07, 6.45) is 7.95. The molecule has 1 fully saturated rings. The largest absolute Gasteiger partial charge is 0.468 e. The zero-order valence-corrected chi connectivity index (χ0v) is 8.99. The minimum atomic E-state index is -0.856. The van der Waals surface area contributed by atoms with E-state index in [1.165, 1.54) is 7.11 Å². The Morgan fingerprint density at radius 1 is 1.53 bits per heavy atom. The molecule has 0 aliphatic heterocycles. The normalized spacial score (nSPS) is 34.7. The monoisotopic (exact) mass is 208 g/mol. The first-order chi connectivity index (χ1) is 7.20. The Bertz CT molecular complexity index is 319. The van der Waals surface area contributed by atoms with Crippen LogP contribution in [0.25, 0.3) is 0 Å². The van der Waals surface area contributed by atoms with Crippen LogP contribution in [0.5, 0.6) is 0 Å². The van der Waals surface area contributed by atoms with Gasteiger partial charge < -0.3 is 4.74 Å². The van der Waals surface area contributed by atoms with Gasteiger partial charge in [-0.25, -0.2) is 0 Å². The number of hydrogen-bond acceptors (Lipinski definition) is 3. The summed E-state index contributed by atoms with van der Waals surface area (Å²) in [7, 11) is 1.36. The molecule has 0 radical (unpaired) electrons. The minimum absolute atomic E-state index is 0.0552. The first kappa shape index (κ1) is 10.4. The number of Topliss-reactive ketones (excluding diaryl/α,β-unsaturated/α-hetero) is 1. The van der Waals surface area contributed by atoms with E-state index in [0.29, 0.717) is 12.8 Å². The van der Waals surface area contributed by atoms with Crippen molar-refractivity contribution in [3.8, 4) is 0 Å². The van der Waals surface area contributed by atoms with E-state index in [2.05, 4.69) is 0 Å². The van der Waals surface area contributed by atoms with E-state index >= 15 is 0 Å². The molecular weight excluding hydrogens is 192 g/mol. The van der Waals surface area contributed by atoms with Crippen molar-refractivity contribution in [2.24, 2.45) is 11.3 Å². The van der Waals surface area contributed by atoms with E-state index in [1.807, 2.05) is 12.2 Å². The lowest BCUT2D eigenvalue weighted by Gasteiger charge is -2.31. The molecule has 0 unspecified atom stereocenters. The van der Waals surface area contributed by atoms with E-state index in [4.69, 9.17) is 4.74 Å². The van der Waals surface area contributed by atoms with Crippen LogP contribution >= 0.6 is 0 Å². The first-order valence-corrected chi connectivity index (χ1v) is 5.50. The number of rotatable bonds is 1. The first-order valence-electron chi connectivity index (χ1n) is 5.50. The average Bonchev–Trinajstić information content (AvgIpc) is 2.38. The van der Waals surface area contributed by atoms with Crippen molar-refractivity contribution >= 4 is 11.8 Å². The maximum atomic E-state index is 12.2. The Hall–Kier alpha value is -1.12. The second-order valence-corrected chi connectivity index (χ2v) is 4.42. The predicted molar refractivity (Wildman–Crippen MR) is 55.2 cm³/mol. The molecule has 82 valence electrons. The third-order valence-corrected chi connectivity index (χ3v) is 3.59. The Morgan fingerprint density at radius 3 is 3.07 bits per heavy atom. The molecule has 2 aliphatic carbocycles. The number of methoxy groups -OCH3 is 1. The van der Waals surface area contributed by atoms with Gasteiger partial charge in [0, 0.05) is 5.92 Å². The van der Waals surface area contributed by atoms with Crippen LogP contribution in [-0.4, -0.2) is 18.9 Å². The predicted octanol–water partition coefficient (Wildman–Crippen LogP) is 1.86. The highest BCUT2D eigenvalue weighted by molar-refractivity contribution is 6.06. The summed E-state index contributed by atoms with van der Waals surface area (Å²) in [5.74, 6) is -0.321. The molecule has 2 bridgehead atoms. The lowest BCUT2D eigenvalue weighted by molar-refractivity contribution is -0.159. The van der Waals surface area contributed by atoms with E-state index in [1.54, 1.807) is 0 Å². The smallest absolute Gasteiger partial charge is 0.319 e. The highest BCUT2D eigenvalue weighted by atomic mass is 16.5. The molecular formula is C12H16O3. The van der Waals surface area contributed by atoms with E-state index in [-0.39, 0.29) is 17.7 Å². The van der Waals surface area contributed by atoms with Crippen LogP contribution in [0.4, 0.5) is 0 Å². The molecule has 2 rings (SSSR count).